The molecule has 32 heavy (non-hydrogen) atoms. The maximum Gasteiger partial charge on any atom is 0.417 e. The van der Waals surface area contributed by atoms with Crippen LogP contribution in [0.4, 0.5) is 13.2 Å². The molecule has 1 atom stereocenters. The van der Waals surface area contributed by atoms with E-state index >= 15 is 0 Å². The fourth-order valence-electron chi connectivity index (χ4n) is 4.79. The lowest BCUT2D eigenvalue weighted by atomic mass is 9.95. The molecule has 5 nitrogen and oxygen atoms in total. The quantitative estimate of drug-likeness (QED) is 0.677. The predicted octanol–water partition coefficient (Wildman–Crippen LogP) is 4.25. The van der Waals surface area contributed by atoms with Gasteiger partial charge in [-0.1, -0.05) is 36.4 Å². The first-order valence-electron chi connectivity index (χ1n) is 10.6. The number of alkyl halides is 3. The van der Waals surface area contributed by atoms with Gasteiger partial charge < -0.3 is 4.90 Å². The average Bonchev–Trinajstić information content (AvgIpc) is 3.22. The van der Waals surface area contributed by atoms with E-state index in [0.717, 1.165) is 34.8 Å². The van der Waals surface area contributed by atoms with Crippen LogP contribution in [0.1, 0.15) is 42.0 Å². The number of hydrogen-bond donors (Lipinski definition) is 0. The minimum Gasteiger partial charge on any atom is -0.338 e. The van der Waals surface area contributed by atoms with Gasteiger partial charge in [0.15, 0.2) is 0 Å². The topological polar surface area (TPSA) is 57.7 Å². The van der Waals surface area contributed by atoms with Gasteiger partial charge in [0.2, 0.25) is 15.9 Å². The van der Waals surface area contributed by atoms with Crippen LogP contribution in [-0.2, 0) is 27.4 Å². The highest BCUT2D eigenvalue weighted by atomic mass is 32.2. The lowest BCUT2D eigenvalue weighted by Gasteiger charge is -2.35. The van der Waals surface area contributed by atoms with E-state index in [1.165, 1.54) is 17.7 Å². The van der Waals surface area contributed by atoms with Crippen LogP contribution in [0.2, 0.25) is 0 Å². The van der Waals surface area contributed by atoms with Crippen LogP contribution in [0.3, 0.4) is 0 Å². The average molecular weight is 467 g/mol. The summed E-state index contributed by atoms with van der Waals surface area (Å²) >= 11 is 0. The molecule has 1 heterocycles. The second-order valence-corrected chi connectivity index (χ2v) is 10.3. The van der Waals surface area contributed by atoms with Crippen molar-refractivity contribution in [2.45, 2.75) is 42.8 Å². The lowest BCUT2D eigenvalue weighted by Crippen LogP contribution is -2.44. The number of halogens is 3. The highest BCUT2D eigenvalue weighted by Gasteiger charge is 2.41. The Morgan fingerprint density at radius 2 is 1.62 bits per heavy atom. The largest absolute Gasteiger partial charge is 0.417 e. The van der Waals surface area contributed by atoms with E-state index in [-0.39, 0.29) is 43.8 Å². The number of carbonyl (C=O) groups is 1. The third-order valence-electron chi connectivity index (χ3n) is 6.53. The monoisotopic (exact) mass is 466 g/mol. The summed E-state index contributed by atoms with van der Waals surface area (Å²) in [5.41, 5.74) is 1.21. The maximum absolute atomic E-state index is 13.3. The third kappa shape index (κ3) is 4.15. The summed E-state index contributed by atoms with van der Waals surface area (Å²) in [6, 6.07) is 12.3. The van der Waals surface area contributed by atoms with E-state index in [4.69, 9.17) is 0 Å². The molecule has 2 aliphatic rings. The van der Waals surface area contributed by atoms with Crippen molar-refractivity contribution in [3.63, 3.8) is 0 Å². The van der Waals surface area contributed by atoms with E-state index in [0.29, 0.717) is 0 Å². The first-order chi connectivity index (χ1) is 15.1. The van der Waals surface area contributed by atoms with Gasteiger partial charge in [0, 0.05) is 26.1 Å². The van der Waals surface area contributed by atoms with Crippen LogP contribution in [0, 0.1) is 5.92 Å². The number of aryl methyl sites for hydroxylation is 1. The molecule has 172 valence electrons. The molecule has 9 heteroatoms. The Kier molecular flexibility index (Phi) is 6.06. The summed E-state index contributed by atoms with van der Waals surface area (Å²) < 4.78 is 66.9. The highest BCUT2D eigenvalue weighted by molar-refractivity contribution is 7.89. The van der Waals surface area contributed by atoms with Crippen molar-refractivity contribution in [1.82, 2.24) is 9.21 Å². The molecule has 0 spiro atoms. The van der Waals surface area contributed by atoms with Crippen molar-refractivity contribution in [1.29, 1.82) is 0 Å². The molecule has 1 aliphatic carbocycles. The Morgan fingerprint density at radius 3 is 2.31 bits per heavy atom. The van der Waals surface area contributed by atoms with Gasteiger partial charge in [-0.25, -0.2) is 8.42 Å². The first kappa shape index (κ1) is 22.8. The molecule has 1 amide bonds. The second kappa shape index (κ2) is 8.51. The van der Waals surface area contributed by atoms with E-state index in [1.807, 2.05) is 18.2 Å². The molecule has 0 unspecified atom stereocenters. The number of sulfonamides is 1. The Bertz CT molecular complexity index is 1110. The minimum atomic E-state index is -4.77. The number of benzene rings is 2. The van der Waals surface area contributed by atoms with Gasteiger partial charge in [-0.2, -0.15) is 17.5 Å². The van der Waals surface area contributed by atoms with Crippen LogP contribution >= 0.6 is 0 Å². The molecule has 0 bridgehead atoms. The molecule has 0 N–H and O–H groups in total. The molecule has 1 aliphatic heterocycles. The fourth-order valence-corrected chi connectivity index (χ4v) is 6.47. The van der Waals surface area contributed by atoms with Gasteiger partial charge in [0.1, 0.15) is 0 Å². The molecule has 4 rings (SSSR count). The summed E-state index contributed by atoms with van der Waals surface area (Å²) in [4.78, 5) is 14.1. The summed E-state index contributed by atoms with van der Waals surface area (Å²) in [6.07, 6.45) is -2.44. The van der Waals surface area contributed by atoms with Crippen molar-refractivity contribution >= 4 is 15.9 Å². The SMILES string of the molecule is CN(C(=O)C1CCN(S(=O)(=O)c2ccccc2C(F)(F)F)CC1)[C@@H]1CCc2ccccc21. The summed E-state index contributed by atoms with van der Waals surface area (Å²) in [5, 5.41) is 0. The van der Waals surface area contributed by atoms with Crippen molar-refractivity contribution in [2.24, 2.45) is 5.92 Å². The molecule has 0 saturated carbocycles. The lowest BCUT2D eigenvalue weighted by molar-refractivity contribution is -0.140. The van der Waals surface area contributed by atoms with Crippen LogP contribution in [0.5, 0.6) is 0 Å². The minimum absolute atomic E-state index is 0.000810. The Balaban J connectivity index is 1.45. The van der Waals surface area contributed by atoms with Crippen molar-refractivity contribution in [3.05, 3.63) is 65.2 Å². The van der Waals surface area contributed by atoms with Crippen molar-refractivity contribution in [3.8, 4) is 0 Å². The van der Waals surface area contributed by atoms with Gasteiger partial charge >= 0.3 is 6.18 Å². The van der Waals surface area contributed by atoms with Gasteiger partial charge in [-0.05, 0) is 48.9 Å². The highest BCUT2D eigenvalue weighted by Crippen LogP contribution is 2.38. The summed E-state index contributed by atoms with van der Waals surface area (Å²) in [7, 11) is -2.54. The van der Waals surface area contributed by atoms with E-state index in [9.17, 15) is 26.4 Å². The van der Waals surface area contributed by atoms with Crippen LogP contribution in [0.15, 0.2) is 53.4 Å². The maximum atomic E-state index is 13.3. The van der Waals surface area contributed by atoms with Crippen molar-refractivity contribution < 1.29 is 26.4 Å². The number of fused-ring (bicyclic) bond motifs is 1. The number of hydrogen-bond acceptors (Lipinski definition) is 3. The van der Waals surface area contributed by atoms with E-state index in [2.05, 4.69) is 6.07 Å². The van der Waals surface area contributed by atoms with E-state index in [1.54, 1.807) is 11.9 Å². The zero-order valence-corrected chi connectivity index (χ0v) is 18.5. The van der Waals surface area contributed by atoms with Crippen molar-refractivity contribution in [2.75, 3.05) is 20.1 Å². The first-order valence-corrected chi connectivity index (χ1v) is 12.1. The standard InChI is InChI=1S/C23H25F3N2O3S/c1-27(20-11-10-16-6-2-3-7-18(16)20)22(29)17-12-14-28(15-13-17)32(30,31)21-9-5-4-8-19(21)23(24,25)26/h2-9,17,20H,10-15H2,1H3/t20-/m1/s1. The number of rotatable bonds is 4. The van der Waals surface area contributed by atoms with Gasteiger partial charge in [0.05, 0.1) is 16.5 Å². The molecule has 1 fully saturated rings. The molecule has 0 aromatic heterocycles. The second-order valence-electron chi connectivity index (χ2n) is 8.37. The molecule has 2 aromatic rings. The van der Waals surface area contributed by atoms with Crippen LogP contribution < -0.4 is 0 Å². The normalized spacial score (nSPS) is 20.2. The van der Waals surface area contributed by atoms with Crippen LogP contribution in [-0.4, -0.2) is 43.7 Å². The number of carbonyl (C=O) groups excluding carboxylic acids is 1. The zero-order valence-electron chi connectivity index (χ0n) is 17.7. The molecule has 1 saturated heterocycles. The van der Waals surface area contributed by atoms with Crippen LogP contribution in [0.25, 0.3) is 0 Å². The Labute approximate surface area is 185 Å². The smallest absolute Gasteiger partial charge is 0.338 e. The predicted molar refractivity (Wildman–Crippen MR) is 113 cm³/mol. The zero-order chi connectivity index (χ0) is 23.1. The summed E-state index contributed by atoms with van der Waals surface area (Å²) in [6.45, 7) is 0.0278. The number of amides is 1. The van der Waals surface area contributed by atoms with Gasteiger partial charge in [-0.3, -0.25) is 4.79 Å². The summed E-state index contributed by atoms with van der Waals surface area (Å²) in [5.74, 6) is -0.392. The Morgan fingerprint density at radius 1 is 1.00 bits per heavy atom. The number of piperidine rings is 1. The molecule has 2 aromatic carbocycles. The van der Waals surface area contributed by atoms with E-state index < -0.39 is 26.7 Å². The molecular formula is C23H25F3N2O3S. The molecule has 0 radical (unpaired) electrons. The Hall–Kier alpha value is -2.39. The van der Waals surface area contributed by atoms with Gasteiger partial charge in [0.25, 0.3) is 0 Å². The molecular weight excluding hydrogens is 441 g/mol. The van der Waals surface area contributed by atoms with Gasteiger partial charge in [-0.15, -0.1) is 0 Å². The number of nitrogens with zero attached hydrogens (tertiary/aromatic N) is 2. The fraction of sp³-hybridized carbons (Fsp3) is 0.435. The third-order valence-corrected chi connectivity index (χ3v) is 8.49.